The Bertz CT molecular complexity index is 1540. The molecule has 0 spiro atoms. The first-order valence-corrected chi connectivity index (χ1v) is 14.8. The van der Waals surface area contributed by atoms with Crippen LogP contribution in [0.2, 0.25) is 0 Å². The van der Waals surface area contributed by atoms with Gasteiger partial charge in [0.05, 0.1) is 12.5 Å². The number of aromatic nitrogens is 5. The first-order valence-electron chi connectivity index (χ1n) is 14.8. The van der Waals surface area contributed by atoms with E-state index in [0.717, 1.165) is 56.9 Å². The lowest BCUT2D eigenvalue weighted by atomic mass is 9.97. The van der Waals surface area contributed by atoms with Crippen LogP contribution in [0.3, 0.4) is 0 Å². The molecule has 1 unspecified atom stereocenters. The molecule has 2 fully saturated rings. The molecule has 1 aromatic carbocycles. The maximum atomic E-state index is 12.7. The second-order valence-corrected chi connectivity index (χ2v) is 11.4. The maximum absolute atomic E-state index is 12.7. The van der Waals surface area contributed by atoms with Crippen LogP contribution >= 0.6 is 0 Å². The molecule has 3 aromatic heterocycles. The number of pyridine rings is 1. The maximum Gasteiger partial charge on any atom is 0.310 e. The van der Waals surface area contributed by atoms with Crippen molar-refractivity contribution < 1.29 is 9.53 Å². The summed E-state index contributed by atoms with van der Waals surface area (Å²) in [6.07, 6.45) is 5.30. The van der Waals surface area contributed by atoms with E-state index < -0.39 is 0 Å². The third-order valence-corrected chi connectivity index (χ3v) is 7.74. The fourth-order valence-corrected chi connectivity index (χ4v) is 5.56. The van der Waals surface area contributed by atoms with E-state index >= 15 is 0 Å². The summed E-state index contributed by atoms with van der Waals surface area (Å²) >= 11 is 0. The topological polar surface area (TPSA) is 121 Å². The number of nitrogens with one attached hydrogen (secondary N) is 2. The minimum Gasteiger partial charge on any atom is -0.465 e. The van der Waals surface area contributed by atoms with Gasteiger partial charge in [0.2, 0.25) is 5.95 Å². The van der Waals surface area contributed by atoms with Gasteiger partial charge in [0.1, 0.15) is 17.3 Å². The van der Waals surface area contributed by atoms with Crippen molar-refractivity contribution in [1.29, 1.82) is 0 Å². The Kier molecular flexibility index (Phi) is 8.80. The number of rotatable bonds is 10. The Morgan fingerprint density at radius 1 is 0.930 bits per heavy atom. The van der Waals surface area contributed by atoms with Gasteiger partial charge in [-0.3, -0.25) is 9.69 Å². The summed E-state index contributed by atoms with van der Waals surface area (Å²) in [5.41, 5.74) is 3.70. The van der Waals surface area contributed by atoms with Crippen LogP contribution in [0, 0.1) is 18.8 Å². The Balaban J connectivity index is 1.01. The number of aryl methyl sites for hydroxylation is 1. The zero-order valence-corrected chi connectivity index (χ0v) is 24.6. The van der Waals surface area contributed by atoms with E-state index in [1.54, 1.807) is 24.5 Å². The molecule has 0 saturated carbocycles. The van der Waals surface area contributed by atoms with E-state index in [4.69, 9.17) is 4.74 Å². The Labute approximate surface area is 251 Å². The number of anilines is 4. The van der Waals surface area contributed by atoms with Crippen molar-refractivity contribution in [3.8, 4) is 11.5 Å². The Morgan fingerprint density at radius 2 is 1.72 bits per heavy atom. The molecule has 2 aliphatic rings. The monoisotopic (exact) mass is 579 g/mol. The number of ether oxygens (including phenoxy) is 1. The molecule has 0 radical (unpaired) electrons. The molecule has 11 nitrogen and oxygen atoms in total. The molecule has 2 aliphatic heterocycles. The van der Waals surface area contributed by atoms with E-state index in [1.807, 2.05) is 37.3 Å². The van der Waals surface area contributed by atoms with Crippen molar-refractivity contribution in [2.24, 2.45) is 11.8 Å². The molecule has 0 amide bonds. The number of carbonyl (C=O) groups excluding carboxylic acids is 1. The first-order chi connectivity index (χ1) is 21.0. The van der Waals surface area contributed by atoms with Gasteiger partial charge < -0.3 is 20.3 Å². The van der Waals surface area contributed by atoms with Crippen molar-refractivity contribution in [3.05, 3.63) is 78.2 Å². The minimum atomic E-state index is -0.0429. The zero-order valence-electron chi connectivity index (χ0n) is 24.6. The second kappa shape index (κ2) is 13.2. The molecule has 43 heavy (non-hydrogen) atoms. The molecule has 5 heterocycles. The van der Waals surface area contributed by atoms with E-state index in [0.29, 0.717) is 41.6 Å². The van der Waals surface area contributed by atoms with Crippen LogP contribution in [0.5, 0.6) is 0 Å². The molecule has 0 bridgehead atoms. The standard InChI is InChI=1S/C32H37N9O2/c1-22-5-3-7-27(35-22)30-33-14-12-28(38-30)37-29-13-15-34-32(39-29)36-26-10-8-23(9-11-26)19-41-16-4-6-25(20-41)31(42)43-21-24-17-40(2)18-24/h3,5,7-15,24-25H,4,6,16-21H2,1-2H3,(H2,33,34,36,37,38,39). The highest BCUT2D eigenvalue weighted by Gasteiger charge is 2.29. The minimum absolute atomic E-state index is 0.0426. The van der Waals surface area contributed by atoms with Crippen LogP contribution in [0.15, 0.2) is 67.0 Å². The molecule has 1 atom stereocenters. The van der Waals surface area contributed by atoms with Crippen molar-refractivity contribution in [3.63, 3.8) is 0 Å². The predicted molar refractivity (Wildman–Crippen MR) is 165 cm³/mol. The lowest BCUT2D eigenvalue weighted by Gasteiger charge is -2.36. The summed E-state index contributed by atoms with van der Waals surface area (Å²) in [5.74, 6) is 2.63. The Hall–Kier alpha value is -4.48. The molecule has 6 rings (SSSR count). The number of piperidine rings is 1. The van der Waals surface area contributed by atoms with Gasteiger partial charge in [-0.15, -0.1) is 0 Å². The van der Waals surface area contributed by atoms with Crippen LogP contribution in [-0.2, 0) is 16.1 Å². The van der Waals surface area contributed by atoms with E-state index in [2.05, 4.69) is 64.5 Å². The van der Waals surface area contributed by atoms with Crippen LogP contribution in [-0.4, -0.2) is 80.5 Å². The summed E-state index contributed by atoms with van der Waals surface area (Å²) < 4.78 is 5.65. The zero-order chi connectivity index (χ0) is 29.6. The van der Waals surface area contributed by atoms with Crippen molar-refractivity contribution in [2.45, 2.75) is 26.3 Å². The number of hydrogen-bond donors (Lipinski definition) is 2. The highest BCUT2D eigenvalue weighted by Crippen LogP contribution is 2.23. The highest BCUT2D eigenvalue weighted by molar-refractivity contribution is 5.72. The first kappa shape index (κ1) is 28.6. The molecular formula is C32H37N9O2. The SMILES string of the molecule is Cc1cccc(-c2nccc(Nc3ccnc(Nc4ccc(CN5CCCC(C(=O)OCC6CN(C)C6)C5)cc4)n3)n2)n1. The van der Waals surface area contributed by atoms with Gasteiger partial charge in [-0.25, -0.2) is 19.9 Å². The van der Waals surface area contributed by atoms with Gasteiger partial charge in [-0.1, -0.05) is 18.2 Å². The van der Waals surface area contributed by atoms with Crippen molar-refractivity contribution in [2.75, 3.05) is 50.5 Å². The predicted octanol–water partition coefficient (Wildman–Crippen LogP) is 4.44. The van der Waals surface area contributed by atoms with E-state index in [9.17, 15) is 4.79 Å². The molecule has 2 N–H and O–H groups in total. The number of carbonyl (C=O) groups is 1. The number of likely N-dealkylation sites (tertiary alicyclic amines) is 2. The molecule has 2 saturated heterocycles. The lowest BCUT2D eigenvalue weighted by Crippen LogP contribution is -2.47. The van der Waals surface area contributed by atoms with Gasteiger partial charge in [-0.05, 0) is 75.3 Å². The van der Waals surface area contributed by atoms with Gasteiger partial charge in [0.15, 0.2) is 5.82 Å². The number of hydrogen-bond acceptors (Lipinski definition) is 11. The average molecular weight is 580 g/mol. The number of esters is 1. The van der Waals surface area contributed by atoms with Crippen LogP contribution in [0.1, 0.15) is 24.1 Å². The van der Waals surface area contributed by atoms with E-state index in [1.165, 1.54) is 5.56 Å². The van der Waals surface area contributed by atoms with Gasteiger partial charge in [0.25, 0.3) is 0 Å². The fourth-order valence-electron chi connectivity index (χ4n) is 5.56. The second-order valence-electron chi connectivity index (χ2n) is 11.4. The molecular weight excluding hydrogens is 542 g/mol. The largest absolute Gasteiger partial charge is 0.465 e. The Morgan fingerprint density at radius 3 is 2.51 bits per heavy atom. The third kappa shape index (κ3) is 7.68. The lowest BCUT2D eigenvalue weighted by molar-refractivity contribution is -0.153. The molecule has 0 aliphatic carbocycles. The molecule has 4 aromatic rings. The summed E-state index contributed by atoms with van der Waals surface area (Å²) in [4.78, 5) is 39.7. The third-order valence-electron chi connectivity index (χ3n) is 7.74. The summed E-state index contributed by atoms with van der Waals surface area (Å²) in [5, 5.41) is 6.51. The number of nitrogens with zero attached hydrogens (tertiary/aromatic N) is 7. The number of benzene rings is 1. The average Bonchev–Trinajstić information content (AvgIpc) is 3.00. The quantitative estimate of drug-likeness (QED) is 0.259. The van der Waals surface area contributed by atoms with Gasteiger partial charge >= 0.3 is 5.97 Å². The highest BCUT2D eigenvalue weighted by atomic mass is 16.5. The van der Waals surface area contributed by atoms with Gasteiger partial charge in [0, 0.05) is 55.9 Å². The van der Waals surface area contributed by atoms with Crippen LogP contribution in [0.4, 0.5) is 23.3 Å². The van der Waals surface area contributed by atoms with Crippen molar-refractivity contribution in [1.82, 2.24) is 34.7 Å². The summed E-state index contributed by atoms with van der Waals surface area (Å²) in [7, 11) is 2.09. The van der Waals surface area contributed by atoms with Crippen LogP contribution in [0.25, 0.3) is 11.5 Å². The summed E-state index contributed by atoms with van der Waals surface area (Å²) in [6, 6.07) is 17.6. The van der Waals surface area contributed by atoms with E-state index in [-0.39, 0.29) is 11.9 Å². The molecule has 11 heteroatoms. The smallest absolute Gasteiger partial charge is 0.310 e. The van der Waals surface area contributed by atoms with Crippen LogP contribution < -0.4 is 10.6 Å². The fraction of sp³-hybridized carbons (Fsp3) is 0.375. The summed E-state index contributed by atoms with van der Waals surface area (Å²) in [6.45, 7) is 7.04. The normalized spacial score (nSPS) is 17.7. The van der Waals surface area contributed by atoms with Crippen molar-refractivity contribution >= 4 is 29.2 Å². The van der Waals surface area contributed by atoms with Gasteiger partial charge in [-0.2, -0.15) is 4.98 Å². The molecule has 222 valence electrons.